The van der Waals surface area contributed by atoms with Crippen molar-refractivity contribution in [2.24, 2.45) is 0 Å². The number of halogens is 1. The lowest BCUT2D eigenvalue weighted by Gasteiger charge is -2.31. The van der Waals surface area contributed by atoms with Crippen molar-refractivity contribution in [3.63, 3.8) is 0 Å². The van der Waals surface area contributed by atoms with Gasteiger partial charge in [-0.2, -0.15) is 0 Å². The van der Waals surface area contributed by atoms with Gasteiger partial charge in [0.25, 0.3) is 0 Å². The summed E-state index contributed by atoms with van der Waals surface area (Å²) in [7, 11) is 0. The third kappa shape index (κ3) is 7.46. The number of likely N-dealkylation sites (tertiary alicyclic amines) is 1. The lowest BCUT2D eigenvalue weighted by atomic mass is 10.1. The van der Waals surface area contributed by atoms with Crippen LogP contribution in [0.2, 0.25) is 5.02 Å². The number of carbonyl (C=O) groups excluding carboxylic acids is 3. The van der Waals surface area contributed by atoms with Gasteiger partial charge in [0, 0.05) is 30.7 Å². The summed E-state index contributed by atoms with van der Waals surface area (Å²) in [6.07, 6.45) is 1.48. The van der Waals surface area contributed by atoms with Crippen LogP contribution in [0, 0.1) is 0 Å². The predicted octanol–water partition coefficient (Wildman–Crippen LogP) is 2.13. The van der Waals surface area contributed by atoms with Gasteiger partial charge in [0.2, 0.25) is 11.8 Å². The zero-order chi connectivity index (χ0) is 19.6. The second kappa shape index (κ2) is 10.8. The fraction of sp³-hybridized carbons (Fsp3) is 0.526. The molecule has 0 aliphatic carbocycles. The molecule has 1 heterocycles. The number of ether oxygens (including phenoxy) is 1. The molecule has 27 heavy (non-hydrogen) atoms. The molecule has 7 nitrogen and oxygen atoms in total. The average Bonchev–Trinajstić information content (AvgIpc) is 2.64. The third-order valence-electron chi connectivity index (χ3n) is 4.36. The fourth-order valence-electron chi connectivity index (χ4n) is 2.91. The van der Waals surface area contributed by atoms with E-state index >= 15 is 0 Å². The van der Waals surface area contributed by atoms with Crippen molar-refractivity contribution in [1.82, 2.24) is 15.5 Å². The van der Waals surface area contributed by atoms with Crippen LogP contribution in [0.25, 0.3) is 0 Å². The van der Waals surface area contributed by atoms with Crippen LogP contribution in [0.3, 0.4) is 0 Å². The highest BCUT2D eigenvalue weighted by Gasteiger charge is 2.24. The lowest BCUT2D eigenvalue weighted by Crippen LogP contribution is -2.47. The Balaban J connectivity index is 1.61. The Morgan fingerprint density at radius 2 is 1.81 bits per heavy atom. The molecule has 2 rings (SSSR count). The first-order chi connectivity index (χ1) is 13.0. The highest BCUT2D eigenvalue weighted by atomic mass is 35.5. The molecule has 148 valence electrons. The van der Waals surface area contributed by atoms with Crippen molar-refractivity contribution in [3.8, 4) is 0 Å². The zero-order valence-corrected chi connectivity index (χ0v) is 16.3. The highest BCUT2D eigenvalue weighted by Crippen LogP contribution is 2.12. The van der Waals surface area contributed by atoms with Crippen LogP contribution >= 0.6 is 11.6 Å². The summed E-state index contributed by atoms with van der Waals surface area (Å²) >= 11 is 5.83. The van der Waals surface area contributed by atoms with Gasteiger partial charge in [-0.1, -0.05) is 23.7 Å². The van der Waals surface area contributed by atoms with Crippen molar-refractivity contribution in [1.29, 1.82) is 0 Å². The van der Waals surface area contributed by atoms with Crippen LogP contribution < -0.4 is 10.6 Å². The van der Waals surface area contributed by atoms with Gasteiger partial charge in [-0.3, -0.25) is 9.59 Å². The summed E-state index contributed by atoms with van der Waals surface area (Å²) in [6, 6.07) is 7.40. The number of amides is 3. The van der Waals surface area contributed by atoms with Gasteiger partial charge in [-0.05, 0) is 43.9 Å². The Kier molecular flexibility index (Phi) is 8.39. The molecule has 1 aliphatic rings. The van der Waals surface area contributed by atoms with E-state index in [9.17, 15) is 14.4 Å². The Morgan fingerprint density at radius 3 is 2.44 bits per heavy atom. The summed E-state index contributed by atoms with van der Waals surface area (Å²) in [5.74, 6) is -0.598. The number of carbonyl (C=O) groups is 3. The summed E-state index contributed by atoms with van der Waals surface area (Å²) < 4.78 is 4.97. The molecule has 1 aromatic rings. The normalized spacial score (nSPS) is 14.5. The molecule has 0 unspecified atom stereocenters. The van der Waals surface area contributed by atoms with Crippen molar-refractivity contribution >= 4 is 29.5 Å². The van der Waals surface area contributed by atoms with E-state index in [1.54, 1.807) is 24.0 Å². The number of piperidine rings is 1. The van der Waals surface area contributed by atoms with Crippen LogP contribution in [-0.4, -0.2) is 55.1 Å². The number of rotatable bonds is 7. The van der Waals surface area contributed by atoms with Gasteiger partial charge in [0.15, 0.2) is 0 Å². The SMILES string of the molecule is CCOC(=O)N1CCC(NC(=O)CC(=O)NCCc2ccc(Cl)cc2)CC1. The standard InChI is InChI=1S/C19H26ClN3O4/c1-2-27-19(26)23-11-8-16(9-12-23)22-18(25)13-17(24)21-10-7-14-3-5-15(20)6-4-14/h3-6,16H,2,7-13H2,1H3,(H,21,24)(H,22,25). The molecular formula is C19H26ClN3O4. The smallest absolute Gasteiger partial charge is 0.409 e. The van der Waals surface area contributed by atoms with Gasteiger partial charge in [0.05, 0.1) is 6.61 Å². The molecule has 8 heteroatoms. The zero-order valence-electron chi connectivity index (χ0n) is 15.5. The van der Waals surface area contributed by atoms with E-state index in [0.717, 1.165) is 5.56 Å². The van der Waals surface area contributed by atoms with Crippen LogP contribution in [-0.2, 0) is 20.7 Å². The molecule has 0 saturated carbocycles. The van der Waals surface area contributed by atoms with Gasteiger partial charge in [-0.15, -0.1) is 0 Å². The molecule has 0 aromatic heterocycles. The first kappa shape index (κ1) is 21.0. The van der Waals surface area contributed by atoms with Gasteiger partial charge in [0.1, 0.15) is 6.42 Å². The molecule has 1 saturated heterocycles. The molecule has 0 radical (unpaired) electrons. The number of hydrogen-bond donors (Lipinski definition) is 2. The van der Waals surface area contributed by atoms with E-state index in [1.807, 2.05) is 12.1 Å². The Hall–Kier alpha value is -2.28. The second-order valence-corrected chi connectivity index (χ2v) is 6.87. The topological polar surface area (TPSA) is 87.7 Å². The minimum atomic E-state index is -0.317. The predicted molar refractivity (Wildman–Crippen MR) is 103 cm³/mol. The maximum Gasteiger partial charge on any atom is 0.409 e. The van der Waals surface area contributed by atoms with Crippen molar-refractivity contribution in [2.45, 2.75) is 38.6 Å². The molecular weight excluding hydrogens is 370 g/mol. The maximum atomic E-state index is 12.0. The van der Waals surface area contributed by atoms with E-state index in [0.29, 0.717) is 50.5 Å². The summed E-state index contributed by atoms with van der Waals surface area (Å²) in [5, 5.41) is 6.28. The minimum absolute atomic E-state index is 0.0231. The molecule has 0 atom stereocenters. The van der Waals surface area contributed by atoms with Gasteiger partial charge >= 0.3 is 6.09 Å². The number of benzene rings is 1. The largest absolute Gasteiger partial charge is 0.450 e. The first-order valence-electron chi connectivity index (χ1n) is 9.20. The fourth-order valence-corrected chi connectivity index (χ4v) is 3.03. The van der Waals surface area contributed by atoms with Crippen molar-refractivity contribution in [3.05, 3.63) is 34.9 Å². The Morgan fingerprint density at radius 1 is 1.15 bits per heavy atom. The maximum absolute atomic E-state index is 12.0. The molecule has 1 fully saturated rings. The third-order valence-corrected chi connectivity index (χ3v) is 4.61. The molecule has 1 aliphatic heterocycles. The number of nitrogens with one attached hydrogen (secondary N) is 2. The summed E-state index contributed by atoms with van der Waals surface area (Å²) in [5.41, 5.74) is 1.07. The Labute approximate surface area is 164 Å². The van der Waals surface area contributed by atoms with Gasteiger partial charge in [-0.25, -0.2) is 4.79 Å². The van der Waals surface area contributed by atoms with Crippen LogP contribution in [0.1, 0.15) is 31.7 Å². The lowest BCUT2D eigenvalue weighted by molar-refractivity contribution is -0.129. The molecule has 1 aromatic carbocycles. The minimum Gasteiger partial charge on any atom is -0.450 e. The molecule has 3 amide bonds. The number of nitrogens with zero attached hydrogens (tertiary/aromatic N) is 1. The Bertz CT molecular complexity index is 643. The summed E-state index contributed by atoms with van der Waals surface area (Å²) in [4.78, 5) is 37.2. The average molecular weight is 396 g/mol. The van der Waals surface area contributed by atoms with Crippen molar-refractivity contribution in [2.75, 3.05) is 26.2 Å². The number of hydrogen-bond acceptors (Lipinski definition) is 4. The van der Waals surface area contributed by atoms with Crippen LogP contribution in [0.5, 0.6) is 0 Å². The second-order valence-electron chi connectivity index (χ2n) is 6.43. The molecule has 0 spiro atoms. The van der Waals surface area contributed by atoms with Crippen molar-refractivity contribution < 1.29 is 19.1 Å². The first-order valence-corrected chi connectivity index (χ1v) is 9.58. The van der Waals surface area contributed by atoms with Crippen LogP contribution in [0.15, 0.2) is 24.3 Å². The monoisotopic (exact) mass is 395 g/mol. The highest BCUT2D eigenvalue weighted by molar-refractivity contribution is 6.30. The van der Waals surface area contributed by atoms with E-state index in [4.69, 9.17) is 16.3 Å². The van der Waals surface area contributed by atoms with E-state index in [1.165, 1.54) is 0 Å². The van der Waals surface area contributed by atoms with Gasteiger partial charge < -0.3 is 20.3 Å². The molecule has 2 N–H and O–H groups in total. The van der Waals surface area contributed by atoms with E-state index in [2.05, 4.69) is 10.6 Å². The quantitative estimate of drug-likeness (QED) is 0.692. The van der Waals surface area contributed by atoms with Crippen LogP contribution in [0.4, 0.5) is 4.79 Å². The van der Waals surface area contributed by atoms with E-state index in [-0.39, 0.29) is 30.4 Å². The molecule has 0 bridgehead atoms. The summed E-state index contributed by atoms with van der Waals surface area (Å²) in [6.45, 7) is 3.66. The van der Waals surface area contributed by atoms with E-state index < -0.39 is 0 Å².